The summed E-state index contributed by atoms with van der Waals surface area (Å²) in [5, 5.41) is 2.62. The van der Waals surface area contributed by atoms with E-state index in [4.69, 9.17) is 16.3 Å². The number of methoxy groups -OCH3 is 1. The molecule has 10 heteroatoms. The Balaban J connectivity index is 1.74. The lowest BCUT2D eigenvalue weighted by Gasteiger charge is -2.23. The van der Waals surface area contributed by atoms with E-state index in [1.807, 2.05) is 0 Å². The summed E-state index contributed by atoms with van der Waals surface area (Å²) in [6, 6.07) is 4.93. The van der Waals surface area contributed by atoms with Gasteiger partial charge in [0.15, 0.2) is 0 Å². The second-order valence-electron chi connectivity index (χ2n) is 7.22. The summed E-state index contributed by atoms with van der Waals surface area (Å²) >= 11 is 6.11. The second kappa shape index (κ2) is 9.28. The Morgan fingerprint density at radius 1 is 1.12 bits per heavy atom. The van der Waals surface area contributed by atoms with Gasteiger partial charge in [-0.15, -0.1) is 0 Å². The van der Waals surface area contributed by atoms with Crippen LogP contribution >= 0.6 is 11.6 Å². The smallest absolute Gasteiger partial charge is 0.419 e. The highest BCUT2D eigenvalue weighted by molar-refractivity contribution is 6.31. The van der Waals surface area contributed by atoms with Gasteiger partial charge in [0.1, 0.15) is 11.6 Å². The minimum Gasteiger partial charge on any atom is -0.469 e. The van der Waals surface area contributed by atoms with E-state index in [9.17, 15) is 31.5 Å². The van der Waals surface area contributed by atoms with E-state index in [-0.39, 0.29) is 17.0 Å². The molecular formula is C22H17ClF5NO3. The van der Waals surface area contributed by atoms with Gasteiger partial charge in [-0.25, -0.2) is 8.78 Å². The van der Waals surface area contributed by atoms with Crippen molar-refractivity contribution >= 4 is 23.5 Å². The van der Waals surface area contributed by atoms with Gasteiger partial charge in [0.25, 0.3) is 5.91 Å². The Kier molecular flexibility index (Phi) is 6.88. The fourth-order valence-electron chi connectivity index (χ4n) is 3.63. The molecular weight excluding hydrogens is 457 g/mol. The van der Waals surface area contributed by atoms with Crippen molar-refractivity contribution in [2.24, 2.45) is 5.92 Å². The molecule has 0 aromatic heterocycles. The third-order valence-electron chi connectivity index (χ3n) is 5.15. The van der Waals surface area contributed by atoms with Crippen LogP contribution in [0.5, 0.6) is 0 Å². The highest BCUT2D eigenvalue weighted by Gasteiger charge is 2.36. The molecule has 2 aromatic rings. The van der Waals surface area contributed by atoms with E-state index in [1.165, 1.54) is 13.2 Å². The van der Waals surface area contributed by atoms with E-state index >= 15 is 0 Å². The Labute approximate surface area is 185 Å². The summed E-state index contributed by atoms with van der Waals surface area (Å²) < 4.78 is 70.1. The van der Waals surface area contributed by atoms with Crippen LogP contribution in [0.3, 0.4) is 0 Å². The molecule has 0 saturated carbocycles. The zero-order valence-corrected chi connectivity index (χ0v) is 17.3. The molecule has 1 aliphatic carbocycles. The first-order valence-electron chi connectivity index (χ1n) is 9.40. The Bertz CT molecular complexity index is 1070. The van der Waals surface area contributed by atoms with Gasteiger partial charge in [-0.3, -0.25) is 9.59 Å². The van der Waals surface area contributed by atoms with Gasteiger partial charge >= 0.3 is 12.1 Å². The molecule has 32 heavy (non-hydrogen) atoms. The van der Waals surface area contributed by atoms with E-state index in [0.717, 1.165) is 18.2 Å². The van der Waals surface area contributed by atoms with Gasteiger partial charge in [0.2, 0.25) is 0 Å². The Hall–Kier alpha value is -2.94. The molecule has 0 spiro atoms. The fourth-order valence-corrected chi connectivity index (χ4v) is 3.92. The van der Waals surface area contributed by atoms with Crippen molar-refractivity contribution in [3.63, 3.8) is 0 Å². The molecule has 0 radical (unpaired) electrons. The summed E-state index contributed by atoms with van der Waals surface area (Å²) in [6.07, 6.45) is -1.36. The van der Waals surface area contributed by atoms with Gasteiger partial charge in [-0.1, -0.05) is 29.8 Å². The third kappa shape index (κ3) is 5.09. The maximum absolute atomic E-state index is 13.8. The highest BCUT2D eigenvalue weighted by Crippen LogP contribution is 2.38. The average molecular weight is 474 g/mol. The molecule has 170 valence electrons. The molecule has 0 fully saturated rings. The van der Waals surface area contributed by atoms with Crippen molar-refractivity contribution < 1.29 is 36.3 Å². The SMILES string of the molecule is COC(=O)[C@H](c1ccc(F)cc1Cl)[C@@H]1C=C[C@H](NC(=O)c2ccc(C(F)(F)F)c(F)c2)C1. The van der Waals surface area contributed by atoms with Gasteiger partial charge in [0, 0.05) is 16.6 Å². The van der Waals surface area contributed by atoms with Gasteiger partial charge in [-0.05, 0) is 48.2 Å². The molecule has 2 aromatic carbocycles. The number of rotatable bonds is 5. The minimum absolute atomic E-state index is 0.0431. The summed E-state index contributed by atoms with van der Waals surface area (Å²) in [4.78, 5) is 24.8. The van der Waals surface area contributed by atoms with Crippen LogP contribution in [0.25, 0.3) is 0 Å². The molecule has 4 nitrogen and oxygen atoms in total. The molecule has 0 saturated heterocycles. The number of carbonyl (C=O) groups is 2. The van der Waals surface area contributed by atoms with Crippen LogP contribution in [0.15, 0.2) is 48.6 Å². The number of benzene rings is 2. The van der Waals surface area contributed by atoms with Crippen molar-refractivity contribution in [3.8, 4) is 0 Å². The minimum atomic E-state index is -4.87. The molecule has 0 unspecified atom stereocenters. The standard InChI is InChI=1S/C22H17ClF5NO3/c1-32-21(31)19(15-6-4-13(24)10-17(15)23)11-2-5-14(8-11)29-20(30)12-3-7-16(18(25)9-12)22(26,27)28/h2-7,9-11,14,19H,8H2,1H3,(H,29,30)/t11-,14+,19+/m1/s1. The first-order chi connectivity index (χ1) is 15.0. The number of esters is 1. The molecule has 1 amide bonds. The summed E-state index contributed by atoms with van der Waals surface area (Å²) in [5.74, 6) is -4.83. The van der Waals surface area contributed by atoms with E-state index in [1.54, 1.807) is 12.2 Å². The van der Waals surface area contributed by atoms with Crippen molar-refractivity contribution in [2.75, 3.05) is 7.11 Å². The average Bonchev–Trinajstić information content (AvgIpc) is 3.16. The zero-order chi connectivity index (χ0) is 23.6. The highest BCUT2D eigenvalue weighted by atomic mass is 35.5. The number of nitrogens with one attached hydrogen (secondary N) is 1. The lowest BCUT2D eigenvalue weighted by atomic mass is 9.85. The molecule has 1 aliphatic rings. The molecule has 0 heterocycles. The monoisotopic (exact) mass is 473 g/mol. The van der Waals surface area contributed by atoms with E-state index in [0.29, 0.717) is 17.7 Å². The normalized spacial score (nSPS) is 19.0. The second-order valence-corrected chi connectivity index (χ2v) is 7.63. The Morgan fingerprint density at radius 3 is 2.44 bits per heavy atom. The summed E-state index contributed by atoms with van der Waals surface area (Å²) in [6.45, 7) is 0. The largest absolute Gasteiger partial charge is 0.469 e. The number of hydrogen-bond donors (Lipinski definition) is 1. The molecule has 1 N–H and O–H groups in total. The first-order valence-corrected chi connectivity index (χ1v) is 9.77. The van der Waals surface area contributed by atoms with Crippen molar-refractivity contribution in [1.29, 1.82) is 0 Å². The molecule has 3 atom stereocenters. The van der Waals surface area contributed by atoms with Gasteiger partial charge in [-0.2, -0.15) is 13.2 Å². The maximum Gasteiger partial charge on any atom is 0.419 e. The summed E-state index contributed by atoms with van der Waals surface area (Å²) in [7, 11) is 1.20. The fraction of sp³-hybridized carbons (Fsp3) is 0.273. The summed E-state index contributed by atoms with van der Waals surface area (Å²) in [5.41, 5.74) is -1.39. The predicted molar refractivity (Wildman–Crippen MR) is 106 cm³/mol. The lowest BCUT2D eigenvalue weighted by Crippen LogP contribution is -2.34. The van der Waals surface area contributed by atoms with Crippen LogP contribution in [0.2, 0.25) is 5.02 Å². The number of hydrogen-bond acceptors (Lipinski definition) is 3. The number of allylic oxidation sites excluding steroid dienone is 1. The zero-order valence-electron chi connectivity index (χ0n) is 16.6. The predicted octanol–water partition coefficient (Wildman–Crippen LogP) is 5.27. The van der Waals surface area contributed by atoms with Crippen molar-refractivity contribution in [2.45, 2.75) is 24.6 Å². The van der Waals surface area contributed by atoms with Crippen molar-refractivity contribution in [1.82, 2.24) is 5.32 Å². The maximum atomic E-state index is 13.8. The van der Waals surface area contributed by atoms with Gasteiger partial charge in [0.05, 0.1) is 18.6 Å². The Morgan fingerprint density at radius 2 is 1.84 bits per heavy atom. The topological polar surface area (TPSA) is 55.4 Å². The number of carbonyl (C=O) groups excluding carboxylic acids is 2. The quantitative estimate of drug-likeness (QED) is 0.366. The molecule has 3 rings (SSSR count). The van der Waals surface area contributed by atoms with E-state index < -0.39 is 53.1 Å². The third-order valence-corrected chi connectivity index (χ3v) is 5.48. The number of alkyl halides is 3. The van der Waals surface area contributed by atoms with Crippen LogP contribution in [0.4, 0.5) is 22.0 Å². The molecule has 0 aliphatic heterocycles. The van der Waals surface area contributed by atoms with Crippen LogP contribution < -0.4 is 5.32 Å². The van der Waals surface area contributed by atoms with Crippen LogP contribution in [0.1, 0.15) is 33.8 Å². The van der Waals surface area contributed by atoms with Crippen LogP contribution in [-0.2, 0) is 15.7 Å². The first kappa shape index (κ1) is 23.7. The van der Waals surface area contributed by atoms with E-state index in [2.05, 4.69) is 5.32 Å². The number of ether oxygens (including phenoxy) is 1. The van der Waals surface area contributed by atoms with Gasteiger partial charge < -0.3 is 10.1 Å². The molecule has 0 bridgehead atoms. The lowest BCUT2D eigenvalue weighted by molar-refractivity contribution is -0.143. The number of amides is 1. The van der Waals surface area contributed by atoms with Crippen LogP contribution in [0, 0.1) is 17.6 Å². The number of halogens is 6. The van der Waals surface area contributed by atoms with Crippen LogP contribution in [-0.4, -0.2) is 25.0 Å². The van der Waals surface area contributed by atoms with Crippen molar-refractivity contribution in [3.05, 3.63) is 81.9 Å².